The molecular formula is C11H6BrClF2N2O2S. The van der Waals surface area contributed by atoms with Gasteiger partial charge in [-0.3, -0.25) is 4.72 Å². The first-order valence-corrected chi connectivity index (χ1v) is 7.74. The van der Waals surface area contributed by atoms with Crippen LogP contribution in [0.1, 0.15) is 0 Å². The summed E-state index contributed by atoms with van der Waals surface area (Å²) in [5, 5.41) is -0.0700. The maximum atomic E-state index is 13.1. The standard InChI is InChI=1S/C11H6BrClF2N2O2S/c12-6-3-10(11(13)16-5-6)17-20(18,19)7-1-2-8(14)9(15)4-7/h1-5,17H. The number of benzene rings is 1. The Morgan fingerprint density at radius 1 is 1.20 bits per heavy atom. The predicted octanol–water partition coefficient (Wildman–Crippen LogP) is 3.58. The lowest BCUT2D eigenvalue weighted by Gasteiger charge is -2.09. The van der Waals surface area contributed by atoms with E-state index in [1.807, 2.05) is 0 Å². The summed E-state index contributed by atoms with van der Waals surface area (Å²) in [7, 11) is -4.09. The first-order chi connectivity index (χ1) is 9.29. The monoisotopic (exact) mass is 382 g/mol. The summed E-state index contributed by atoms with van der Waals surface area (Å²) in [5.74, 6) is -2.39. The summed E-state index contributed by atoms with van der Waals surface area (Å²) < 4.78 is 52.6. The van der Waals surface area contributed by atoms with E-state index in [0.717, 1.165) is 12.1 Å². The molecule has 0 aliphatic rings. The minimum atomic E-state index is -4.09. The molecule has 1 aromatic carbocycles. The molecule has 0 amide bonds. The summed E-state index contributed by atoms with van der Waals surface area (Å²) in [6, 6.07) is 3.65. The number of halogens is 4. The summed E-state index contributed by atoms with van der Waals surface area (Å²) >= 11 is 8.87. The van der Waals surface area contributed by atoms with Crippen molar-refractivity contribution in [2.24, 2.45) is 0 Å². The van der Waals surface area contributed by atoms with Gasteiger partial charge in [0.05, 0.1) is 10.6 Å². The van der Waals surface area contributed by atoms with Gasteiger partial charge >= 0.3 is 0 Å². The number of rotatable bonds is 3. The molecule has 20 heavy (non-hydrogen) atoms. The fourth-order valence-electron chi connectivity index (χ4n) is 1.34. The molecule has 0 aliphatic carbocycles. The highest BCUT2D eigenvalue weighted by Gasteiger charge is 2.18. The zero-order valence-electron chi connectivity index (χ0n) is 9.57. The summed E-state index contributed by atoms with van der Waals surface area (Å²) in [6.07, 6.45) is 1.39. The molecule has 0 spiro atoms. The SMILES string of the molecule is O=S(=O)(Nc1cc(Br)cnc1Cl)c1ccc(F)c(F)c1. The van der Waals surface area contributed by atoms with Gasteiger partial charge in [0.1, 0.15) is 0 Å². The highest BCUT2D eigenvalue weighted by molar-refractivity contribution is 9.10. The van der Waals surface area contributed by atoms with Gasteiger partial charge in [-0.2, -0.15) is 0 Å². The smallest absolute Gasteiger partial charge is 0.262 e. The maximum absolute atomic E-state index is 13.1. The summed E-state index contributed by atoms with van der Waals surface area (Å²) in [6.45, 7) is 0. The quantitative estimate of drug-likeness (QED) is 0.824. The number of hydrogen-bond donors (Lipinski definition) is 1. The molecule has 4 nitrogen and oxygen atoms in total. The van der Waals surface area contributed by atoms with Crippen molar-refractivity contribution < 1.29 is 17.2 Å². The molecule has 1 heterocycles. The average molecular weight is 384 g/mol. The number of sulfonamides is 1. The van der Waals surface area contributed by atoms with E-state index in [1.165, 1.54) is 12.3 Å². The van der Waals surface area contributed by atoms with Crippen molar-refractivity contribution in [1.82, 2.24) is 4.98 Å². The fraction of sp³-hybridized carbons (Fsp3) is 0. The zero-order chi connectivity index (χ0) is 14.9. The van der Waals surface area contributed by atoms with Gasteiger partial charge in [0.15, 0.2) is 16.8 Å². The normalized spacial score (nSPS) is 11.4. The van der Waals surface area contributed by atoms with E-state index in [9.17, 15) is 17.2 Å². The molecule has 0 atom stereocenters. The van der Waals surface area contributed by atoms with Gasteiger partial charge in [-0.05, 0) is 40.2 Å². The van der Waals surface area contributed by atoms with Crippen molar-refractivity contribution >= 4 is 43.2 Å². The zero-order valence-corrected chi connectivity index (χ0v) is 12.7. The van der Waals surface area contributed by atoms with Crippen molar-refractivity contribution in [1.29, 1.82) is 0 Å². The number of anilines is 1. The van der Waals surface area contributed by atoms with E-state index < -0.39 is 26.6 Å². The molecule has 0 bridgehead atoms. The van der Waals surface area contributed by atoms with E-state index >= 15 is 0 Å². The second-order valence-corrected chi connectivity index (χ2v) is 6.63. The molecule has 0 aliphatic heterocycles. The van der Waals surface area contributed by atoms with E-state index in [4.69, 9.17) is 11.6 Å². The van der Waals surface area contributed by atoms with Crippen LogP contribution in [0.15, 0.2) is 39.8 Å². The Labute approximate surface area is 127 Å². The molecule has 0 saturated heterocycles. The molecular weight excluding hydrogens is 378 g/mol. The first kappa shape index (κ1) is 15.1. The number of hydrogen-bond acceptors (Lipinski definition) is 3. The minimum Gasteiger partial charge on any atom is -0.276 e. The second kappa shape index (κ2) is 5.63. The van der Waals surface area contributed by atoms with Gasteiger partial charge in [-0.15, -0.1) is 0 Å². The van der Waals surface area contributed by atoms with Crippen LogP contribution in [0.5, 0.6) is 0 Å². The topological polar surface area (TPSA) is 59.1 Å². The number of nitrogens with one attached hydrogen (secondary N) is 1. The number of pyridine rings is 1. The van der Waals surface area contributed by atoms with Gasteiger partial charge < -0.3 is 0 Å². The maximum Gasteiger partial charge on any atom is 0.262 e. The van der Waals surface area contributed by atoms with Crippen LogP contribution >= 0.6 is 27.5 Å². The first-order valence-electron chi connectivity index (χ1n) is 5.08. The lowest BCUT2D eigenvalue weighted by Crippen LogP contribution is -2.14. The van der Waals surface area contributed by atoms with E-state index in [0.29, 0.717) is 10.5 Å². The van der Waals surface area contributed by atoms with Gasteiger partial charge in [-0.25, -0.2) is 22.2 Å². The second-order valence-electron chi connectivity index (χ2n) is 3.67. The lowest BCUT2D eigenvalue weighted by molar-refractivity contribution is 0.504. The predicted molar refractivity (Wildman–Crippen MR) is 74.1 cm³/mol. The third-order valence-corrected chi connectivity index (χ3v) is 4.35. The molecule has 0 unspecified atom stereocenters. The third kappa shape index (κ3) is 3.25. The Bertz CT molecular complexity index is 771. The van der Waals surface area contributed by atoms with Crippen LogP contribution in [-0.2, 0) is 10.0 Å². The van der Waals surface area contributed by atoms with E-state index in [1.54, 1.807) is 0 Å². The minimum absolute atomic E-state index is 0.0192. The van der Waals surface area contributed by atoms with Crippen LogP contribution in [0.2, 0.25) is 5.15 Å². The van der Waals surface area contributed by atoms with Crippen LogP contribution in [0.3, 0.4) is 0 Å². The Hall–Kier alpha value is -1.25. The third-order valence-electron chi connectivity index (χ3n) is 2.25. The Morgan fingerprint density at radius 3 is 2.55 bits per heavy atom. The van der Waals surface area contributed by atoms with Crippen molar-refractivity contribution in [2.45, 2.75) is 4.90 Å². The van der Waals surface area contributed by atoms with Crippen LogP contribution < -0.4 is 4.72 Å². The highest BCUT2D eigenvalue weighted by atomic mass is 79.9. The molecule has 9 heteroatoms. The van der Waals surface area contributed by atoms with Crippen LogP contribution in [-0.4, -0.2) is 13.4 Å². The molecule has 1 aromatic heterocycles. The van der Waals surface area contributed by atoms with Crippen LogP contribution in [0, 0.1) is 11.6 Å². The van der Waals surface area contributed by atoms with Crippen LogP contribution in [0.4, 0.5) is 14.5 Å². The number of aromatic nitrogens is 1. The Morgan fingerprint density at radius 2 is 1.90 bits per heavy atom. The highest BCUT2D eigenvalue weighted by Crippen LogP contribution is 2.26. The molecule has 0 fully saturated rings. The van der Waals surface area contributed by atoms with Gasteiger partial charge in [0, 0.05) is 10.7 Å². The van der Waals surface area contributed by atoms with Gasteiger partial charge in [-0.1, -0.05) is 11.6 Å². The van der Waals surface area contributed by atoms with Gasteiger partial charge in [0.2, 0.25) is 0 Å². The van der Waals surface area contributed by atoms with Crippen molar-refractivity contribution in [3.63, 3.8) is 0 Å². The Kier molecular flexibility index (Phi) is 4.26. The molecule has 2 rings (SSSR count). The van der Waals surface area contributed by atoms with Crippen LogP contribution in [0.25, 0.3) is 0 Å². The Balaban J connectivity index is 2.40. The largest absolute Gasteiger partial charge is 0.276 e. The summed E-state index contributed by atoms with van der Waals surface area (Å²) in [4.78, 5) is 3.32. The average Bonchev–Trinajstić information content (AvgIpc) is 2.36. The molecule has 106 valence electrons. The lowest BCUT2D eigenvalue weighted by atomic mass is 10.3. The molecule has 0 saturated carbocycles. The summed E-state index contributed by atoms with van der Waals surface area (Å²) in [5.41, 5.74) is 0.0192. The molecule has 0 radical (unpaired) electrons. The van der Waals surface area contributed by atoms with Crippen molar-refractivity contribution in [3.05, 3.63) is 51.7 Å². The fourth-order valence-corrected chi connectivity index (χ4v) is 2.95. The van der Waals surface area contributed by atoms with Crippen molar-refractivity contribution in [3.8, 4) is 0 Å². The molecule has 2 aromatic rings. The number of nitrogens with zero attached hydrogens (tertiary/aromatic N) is 1. The van der Waals surface area contributed by atoms with E-state index in [-0.39, 0.29) is 10.8 Å². The van der Waals surface area contributed by atoms with Crippen molar-refractivity contribution in [2.75, 3.05) is 4.72 Å². The van der Waals surface area contributed by atoms with E-state index in [2.05, 4.69) is 25.6 Å². The van der Waals surface area contributed by atoms with Gasteiger partial charge in [0.25, 0.3) is 10.0 Å². The molecule has 1 N–H and O–H groups in total.